The molecule has 0 unspecified atom stereocenters. The van der Waals surface area contributed by atoms with E-state index in [9.17, 15) is 18.0 Å². The van der Waals surface area contributed by atoms with Gasteiger partial charge in [-0.3, -0.25) is 4.79 Å². The monoisotopic (exact) mass is 430 g/mol. The lowest BCUT2D eigenvalue weighted by Crippen LogP contribution is -2.35. The SMILES string of the molecule is C[C@@H](NC(=O)COC(=O)c1ccc(S(=O)(=O)N2CCCCC2)cc1)c1ccccc1. The van der Waals surface area contributed by atoms with Crippen molar-refractivity contribution in [2.75, 3.05) is 19.7 Å². The van der Waals surface area contributed by atoms with E-state index >= 15 is 0 Å². The number of nitrogens with zero attached hydrogens (tertiary/aromatic N) is 1. The summed E-state index contributed by atoms with van der Waals surface area (Å²) in [6.07, 6.45) is 2.75. The summed E-state index contributed by atoms with van der Waals surface area (Å²) in [4.78, 5) is 24.4. The summed E-state index contributed by atoms with van der Waals surface area (Å²) < 4.78 is 31.9. The Balaban J connectivity index is 1.54. The molecule has 1 aliphatic rings. The van der Waals surface area contributed by atoms with Gasteiger partial charge in [0.1, 0.15) is 0 Å². The fraction of sp³-hybridized carbons (Fsp3) is 0.364. The summed E-state index contributed by atoms with van der Waals surface area (Å²) in [7, 11) is -3.55. The van der Waals surface area contributed by atoms with E-state index in [1.165, 1.54) is 28.6 Å². The van der Waals surface area contributed by atoms with Crippen molar-refractivity contribution < 1.29 is 22.7 Å². The van der Waals surface area contributed by atoms with Gasteiger partial charge in [-0.1, -0.05) is 36.8 Å². The molecule has 1 saturated heterocycles. The molecular formula is C22H26N2O5S. The van der Waals surface area contributed by atoms with E-state index < -0.39 is 28.5 Å². The largest absolute Gasteiger partial charge is 0.452 e. The molecule has 0 radical (unpaired) electrons. The van der Waals surface area contributed by atoms with E-state index in [1.807, 2.05) is 37.3 Å². The maximum Gasteiger partial charge on any atom is 0.338 e. The lowest BCUT2D eigenvalue weighted by Gasteiger charge is -2.25. The van der Waals surface area contributed by atoms with E-state index in [0.717, 1.165) is 24.8 Å². The number of hydrogen-bond donors (Lipinski definition) is 1. The molecule has 0 aromatic heterocycles. The molecule has 0 aliphatic carbocycles. The number of nitrogens with one attached hydrogen (secondary N) is 1. The lowest BCUT2D eigenvalue weighted by molar-refractivity contribution is -0.124. The minimum absolute atomic E-state index is 0.148. The Kier molecular flexibility index (Phi) is 7.23. The molecule has 1 heterocycles. The number of carbonyl (C=O) groups is 2. The van der Waals surface area contributed by atoms with Crippen LogP contribution in [0.5, 0.6) is 0 Å². The van der Waals surface area contributed by atoms with Crippen LogP contribution >= 0.6 is 0 Å². The zero-order chi connectivity index (χ0) is 21.6. The Labute approximate surface area is 177 Å². The molecule has 3 rings (SSSR count). The van der Waals surface area contributed by atoms with Crippen LogP contribution in [-0.2, 0) is 19.6 Å². The van der Waals surface area contributed by atoms with Crippen molar-refractivity contribution in [3.05, 3.63) is 65.7 Å². The summed E-state index contributed by atoms with van der Waals surface area (Å²) in [5, 5.41) is 2.77. The zero-order valence-corrected chi connectivity index (χ0v) is 17.7. The van der Waals surface area contributed by atoms with E-state index in [1.54, 1.807) is 0 Å². The predicted octanol–water partition coefficient (Wildman–Crippen LogP) is 2.90. The van der Waals surface area contributed by atoms with Gasteiger partial charge in [-0.25, -0.2) is 13.2 Å². The number of rotatable bonds is 7. The van der Waals surface area contributed by atoms with Gasteiger partial charge in [0, 0.05) is 13.1 Å². The first-order valence-corrected chi connectivity index (χ1v) is 11.4. The first kappa shape index (κ1) is 22.0. The van der Waals surface area contributed by atoms with Crippen molar-refractivity contribution >= 4 is 21.9 Å². The molecular weight excluding hydrogens is 404 g/mol. The third kappa shape index (κ3) is 5.46. The average molecular weight is 431 g/mol. The minimum atomic E-state index is -3.55. The number of ether oxygens (including phenoxy) is 1. The Morgan fingerprint density at radius 1 is 1.00 bits per heavy atom. The minimum Gasteiger partial charge on any atom is -0.452 e. The number of hydrogen-bond acceptors (Lipinski definition) is 5. The second kappa shape index (κ2) is 9.86. The van der Waals surface area contributed by atoms with Crippen LogP contribution in [0, 0.1) is 0 Å². The Morgan fingerprint density at radius 2 is 1.63 bits per heavy atom. The van der Waals surface area contributed by atoms with Crippen molar-refractivity contribution in [1.29, 1.82) is 0 Å². The molecule has 0 bridgehead atoms. The van der Waals surface area contributed by atoms with E-state index in [4.69, 9.17) is 4.74 Å². The molecule has 0 spiro atoms. The quantitative estimate of drug-likeness (QED) is 0.682. The van der Waals surface area contributed by atoms with Crippen LogP contribution in [0.25, 0.3) is 0 Å². The van der Waals surface area contributed by atoms with Gasteiger partial charge in [-0.05, 0) is 49.6 Å². The van der Waals surface area contributed by atoms with Crippen LogP contribution in [0.3, 0.4) is 0 Å². The fourth-order valence-electron chi connectivity index (χ4n) is 3.34. The highest BCUT2D eigenvalue weighted by Gasteiger charge is 2.26. The Morgan fingerprint density at radius 3 is 2.27 bits per heavy atom. The summed E-state index contributed by atoms with van der Waals surface area (Å²) in [6.45, 7) is 2.46. The van der Waals surface area contributed by atoms with Crippen molar-refractivity contribution in [2.45, 2.75) is 37.1 Å². The molecule has 160 valence electrons. The van der Waals surface area contributed by atoms with Crippen molar-refractivity contribution in [3.63, 3.8) is 0 Å². The van der Waals surface area contributed by atoms with Gasteiger partial charge in [0.2, 0.25) is 10.0 Å². The van der Waals surface area contributed by atoms with Gasteiger partial charge in [-0.2, -0.15) is 4.31 Å². The van der Waals surface area contributed by atoms with Gasteiger partial charge >= 0.3 is 5.97 Å². The van der Waals surface area contributed by atoms with Gasteiger partial charge in [0.15, 0.2) is 6.61 Å². The van der Waals surface area contributed by atoms with Crippen molar-refractivity contribution in [1.82, 2.24) is 9.62 Å². The van der Waals surface area contributed by atoms with Gasteiger partial charge in [0.25, 0.3) is 5.91 Å². The molecule has 7 nitrogen and oxygen atoms in total. The zero-order valence-electron chi connectivity index (χ0n) is 16.9. The maximum atomic E-state index is 12.7. The summed E-state index contributed by atoms with van der Waals surface area (Å²) in [5.74, 6) is -1.09. The standard InChI is InChI=1S/C22H26N2O5S/c1-17(18-8-4-2-5-9-18)23-21(25)16-29-22(26)19-10-12-20(13-11-19)30(27,28)24-14-6-3-7-15-24/h2,4-5,8-13,17H,3,6-7,14-16H2,1H3,(H,23,25)/t17-/m1/s1. The van der Waals surface area contributed by atoms with Crippen molar-refractivity contribution in [2.24, 2.45) is 0 Å². The van der Waals surface area contributed by atoms with Crippen LogP contribution in [0.15, 0.2) is 59.5 Å². The first-order chi connectivity index (χ1) is 14.4. The predicted molar refractivity (Wildman–Crippen MR) is 112 cm³/mol. The topological polar surface area (TPSA) is 92.8 Å². The number of carbonyl (C=O) groups excluding carboxylic acids is 2. The van der Waals surface area contributed by atoms with Crippen LogP contribution in [-0.4, -0.2) is 44.3 Å². The molecule has 1 N–H and O–H groups in total. The van der Waals surface area contributed by atoms with Crippen LogP contribution in [0.4, 0.5) is 0 Å². The normalized spacial score (nSPS) is 15.9. The summed E-state index contributed by atoms with van der Waals surface area (Å²) in [5.41, 5.74) is 1.14. The second-order valence-corrected chi connectivity index (χ2v) is 9.20. The van der Waals surface area contributed by atoms with Gasteiger partial charge < -0.3 is 10.1 Å². The number of benzene rings is 2. The molecule has 2 aromatic rings. The third-order valence-electron chi connectivity index (χ3n) is 5.05. The van der Waals surface area contributed by atoms with Crippen LogP contribution in [0.1, 0.15) is 48.1 Å². The third-order valence-corrected chi connectivity index (χ3v) is 6.97. The highest BCUT2D eigenvalue weighted by molar-refractivity contribution is 7.89. The molecule has 30 heavy (non-hydrogen) atoms. The van der Waals surface area contributed by atoms with Gasteiger partial charge in [0.05, 0.1) is 16.5 Å². The smallest absolute Gasteiger partial charge is 0.338 e. The van der Waals surface area contributed by atoms with Gasteiger partial charge in [-0.15, -0.1) is 0 Å². The lowest BCUT2D eigenvalue weighted by atomic mass is 10.1. The molecule has 1 aliphatic heterocycles. The molecule has 1 fully saturated rings. The molecule has 0 saturated carbocycles. The average Bonchev–Trinajstić information content (AvgIpc) is 2.78. The second-order valence-electron chi connectivity index (χ2n) is 7.27. The van der Waals surface area contributed by atoms with E-state index in [-0.39, 0.29) is 16.5 Å². The van der Waals surface area contributed by atoms with E-state index in [0.29, 0.717) is 13.1 Å². The Hall–Kier alpha value is -2.71. The summed E-state index contributed by atoms with van der Waals surface area (Å²) >= 11 is 0. The van der Waals surface area contributed by atoms with E-state index in [2.05, 4.69) is 5.32 Å². The fourth-order valence-corrected chi connectivity index (χ4v) is 4.86. The van der Waals surface area contributed by atoms with Crippen LogP contribution < -0.4 is 5.32 Å². The summed E-state index contributed by atoms with van der Waals surface area (Å²) in [6, 6.07) is 14.9. The van der Waals surface area contributed by atoms with Crippen molar-refractivity contribution in [3.8, 4) is 0 Å². The maximum absolute atomic E-state index is 12.7. The Bertz CT molecular complexity index is 968. The number of esters is 1. The highest BCUT2D eigenvalue weighted by atomic mass is 32.2. The number of piperidine rings is 1. The molecule has 8 heteroatoms. The number of amides is 1. The molecule has 1 amide bonds. The first-order valence-electron chi connectivity index (χ1n) is 9.99. The highest BCUT2D eigenvalue weighted by Crippen LogP contribution is 2.21. The van der Waals surface area contributed by atoms with Crippen LogP contribution in [0.2, 0.25) is 0 Å². The molecule has 2 aromatic carbocycles. The number of sulfonamides is 1. The molecule has 1 atom stereocenters.